The van der Waals surface area contributed by atoms with E-state index in [0.29, 0.717) is 49.6 Å². The number of ether oxygens (including phenoxy) is 5. The number of nitrogens with one attached hydrogen (secondary N) is 2. The summed E-state index contributed by atoms with van der Waals surface area (Å²) in [5.41, 5.74) is 8.39. The Morgan fingerprint density at radius 2 is 1.23 bits per heavy atom. The largest absolute Gasteiger partial charge is 0.491 e. The van der Waals surface area contributed by atoms with Crippen molar-refractivity contribution in [2.45, 2.75) is 58.7 Å². The van der Waals surface area contributed by atoms with Crippen molar-refractivity contribution in [3.8, 4) is 11.5 Å². The number of halogens is 2. The first kappa shape index (κ1) is 44.4. The summed E-state index contributed by atoms with van der Waals surface area (Å²) in [4.78, 5) is 36.6. The molecule has 2 aliphatic rings. The molecule has 13 heteroatoms. The normalized spacial score (nSPS) is 15.8. The zero-order valence-electron chi connectivity index (χ0n) is 35.8. The molecule has 0 saturated carbocycles. The van der Waals surface area contributed by atoms with Crippen molar-refractivity contribution in [1.82, 2.24) is 19.8 Å². The Balaban J connectivity index is 0.000000187. The molecule has 2 N–H and O–H groups in total. The molecule has 11 nitrogen and oxygen atoms in total. The first-order chi connectivity index (χ1) is 29.9. The highest BCUT2D eigenvalue weighted by molar-refractivity contribution is 6.31. The number of carbonyl (C=O) groups excluding carboxylic acids is 2. The number of aromatic nitrogens is 2. The molecule has 0 fully saturated rings. The van der Waals surface area contributed by atoms with Gasteiger partial charge in [-0.15, -0.1) is 0 Å². The molecule has 6 aromatic rings. The van der Waals surface area contributed by atoms with Gasteiger partial charge in [0.2, 0.25) is 0 Å². The molecule has 2 amide bonds. The SMILES string of the molecule is C=CCOc1ccc(C2c3[nH]c4ccc(Cl)cc4c3CCN2C(=O)OC(C)C)cc1.COCCOc1ccc(C2c3[nH]c4ccc(Cl)cc4c3CCN2C(=O)OCC(C)C)cc1. The van der Waals surface area contributed by atoms with Gasteiger partial charge in [0.05, 0.1) is 19.3 Å². The molecule has 326 valence electrons. The number of carbonyl (C=O) groups is 2. The van der Waals surface area contributed by atoms with E-state index >= 15 is 0 Å². The van der Waals surface area contributed by atoms with Gasteiger partial charge >= 0.3 is 12.2 Å². The molecular weight excluding hydrogens is 827 g/mol. The highest BCUT2D eigenvalue weighted by Crippen LogP contribution is 2.41. The third-order valence-corrected chi connectivity index (χ3v) is 11.3. The number of rotatable bonds is 12. The Morgan fingerprint density at radius 3 is 1.69 bits per heavy atom. The van der Waals surface area contributed by atoms with Gasteiger partial charge in [0.1, 0.15) is 36.8 Å². The lowest BCUT2D eigenvalue weighted by atomic mass is 9.92. The first-order valence-corrected chi connectivity index (χ1v) is 21.8. The molecule has 0 aliphatic carbocycles. The number of aromatic amines is 2. The average molecular weight is 882 g/mol. The van der Waals surface area contributed by atoms with E-state index in [1.165, 1.54) is 11.1 Å². The number of H-pyrrole nitrogens is 2. The quantitative estimate of drug-likeness (QED) is 0.0928. The van der Waals surface area contributed by atoms with Gasteiger partial charge in [0, 0.05) is 63.4 Å². The molecule has 0 bridgehead atoms. The number of methoxy groups -OCH3 is 1. The monoisotopic (exact) mass is 880 g/mol. The van der Waals surface area contributed by atoms with Gasteiger partial charge in [-0.1, -0.05) is 74.0 Å². The molecular formula is C49H54Cl2N4O7. The van der Waals surface area contributed by atoms with Crippen LogP contribution in [0.15, 0.2) is 97.6 Å². The van der Waals surface area contributed by atoms with E-state index in [2.05, 4.69) is 16.5 Å². The maximum atomic E-state index is 13.0. The minimum Gasteiger partial charge on any atom is -0.491 e. The number of fused-ring (bicyclic) bond motifs is 6. The average Bonchev–Trinajstić information content (AvgIpc) is 3.82. The van der Waals surface area contributed by atoms with Gasteiger partial charge in [-0.05, 0) is 116 Å². The van der Waals surface area contributed by atoms with Crippen LogP contribution in [0.2, 0.25) is 10.0 Å². The second kappa shape index (κ2) is 20.0. The lowest BCUT2D eigenvalue weighted by Gasteiger charge is -2.36. The van der Waals surface area contributed by atoms with Crippen LogP contribution in [0, 0.1) is 5.92 Å². The van der Waals surface area contributed by atoms with Crippen molar-refractivity contribution >= 4 is 57.2 Å². The smallest absolute Gasteiger partial charge is 0.410 e. The third-order valence-electron chi connectivity index (χ3n) is 10.8. The topological polar surface area (TPSA) is 118 Å². The van der Waals surface area contributed by atoms with Crippen LogP contribution in [0.25, 0.3) is 21.8 Å². The summed E-state index contributed by atoms with van der Waals surface area (Å²) in [6, 6.07) is 26.8. The summed E-state index contributed by atoms with van der Waals surface area (Å²) in [6.07, 6.45) is 2.38. The number of nitrogens with zero attached hydrogens (tertiary/aromatic N) is 2. The lowest BCUT2D eigenvalue weighted by Crippen LogP contribution is -2.41. The molecule has 0 saturated heterocycles. The van der Waals surface area contributed by atoms with Crippen molar-refractivity contribution in [3.05, 3.63) is 141 Å². The fraction of sp³-hybridized carbons (Fsp3) is 0.347. The highest BCUT2D eigenvalue weighted by atomic mass is 35.5. The Labute approximate surface area is 372 Å². The van der Waals surface area contributed by atoms with Crippen LogP contribution in [0.3, 0.4) is 0 Å². The van der Waals surface area contributed by atoms with Crippen LogP contribution in [-0.4, -0.2) is 84.7 Å². The van der Waals surface area contributed by atoms with Crippen LogP contribution in [0.4, 0.5) is 9.59 Å². The van der Waals surface area contributed by atoms with Gasteiger partial charge in [-0.3, -0.25) is 9.80 Å². The van der Waals surface area contributed by atoms with Crippen LogP contribution < -0.4 is 9.47 Å². The van der Waals surface area contributed by atoms with Crippen LogP contribution >= 0.6 is 23.2 Å². The molecule has 2 aromatic heterocycles. The Morgan fingerprint density at radius 1 is 0.726 bits per heavy atom. The number of hydrogen-bond donors (Lipinski definition) is 2. The molecule has 2 aliphatic heterocycles. The van der Waals surface area contributed by atoms with E-state index in [1.54, 1.807) is 18.1 Å². The van der Waals surface area contributed by atoms with Crippen LogP contribution in [0.1, 0.15) is 73.4 Å². The minimum atomic E-state index is -0.315. The predicted molar refractivity (Wildman–Crippen MR) is 245 cm³/mol. The van der Waals surface area contributed by atoms with Gasteiger partial charge in [-0.25, -0.2) is 9.59 Å². The van der Waals surface area contributed by atoms with Crippen molar-refractivity contribution in [2.75, 3.05) is 46.6 Å². The van der Waals surface area contributed by atoms with Crippen LogP contribution in [0.5, 0.6) is 11.5 Å². The standard InChI is InChI=1S/C25H29ClN2O4.C24H25ClN2O3/c1-16(2)15-32-25(29)28-11-10-20-21-14-18(26)6-9-22(21)27-23(20)24(28)17-4-7-19(8-5-17)31-13-12-30-3;1-4-13-29-18-8-5-16(6-9-18)23-22-19(11-12-27(23)24(28)30-15(2)3)20-14-17(25)7-10-21(20)26-22/h4-9,14,16,24,27H,10-13,15H2,1-3H3;4-10,14-15,23,26H,1,11-13H2,2-3H3. The molecule has 0 spiro atoms. The minimum absolute atomic E-state index is 0.184. The van der Waals surface area contributed by atoms with Crippen molar-refractivity contribution < 1.29 is 33.3 Å². The Hall–Kier alpha value is -5.62. The molecule has 0 radical (unpaired) electrons. The number of amides is 2. The molecule has 4 aromatic carbocycles. The highest BCUT2D eigenvalue weighted by Gasteiger charge is 2.37. The second-order valence-electron chi connectivity index (χ2n) is 16.1. The van der Waals surface area contributed by atoms with E-state index < -0.39 is 0 Å². The second-order valence-corrected chi connectivity index (χ2v) is 17.0. The number of benzene rings is 4. The summed E-state index contributed by atoms with van der Waals surface area (Å²) in [5, 5.41) is 3.61. The third kappa shape index (κ3) is 10.0. The number of hydrogen-bond acceptors (Lipinski definition) is 7. The maximum Gasteiger partial charge on any atom is 0.410 e. The summed E-state index contributed by atoms with van der Waals surface area (Å²) in [5.74, 6) is 1.80. The fourth-order valence-corrected chi connectivity index (χ4v) is 8.43. The molecule has 2 unspecified atom stereocenters. The maximum absolute atomic E-state index is 13.0. The van der Waals surface area contributed by atoms with Crippen molar-refractivity contribution in [1.29, 1.82) is 0 Å². The van der Waals surface area contributed by atoms with Crippen molar-refractivity contribution in [3.63, 3.8) is 0 Å². The predicted octanol–water partition coefficient (Wildman–Crippen LogP) is 11.5. The summed E-state index contributed by atoms with van der Waals surface area (Å²) in [6.45, 7) is 14.4. The zero-order valence-corrected chi connectivity index (χ0v) is 37.4. The summed E-state index contributed by atoms with van der Waals surface area (Å²) in [7, 11) is 1.65. The van der Waals surface area contributed by atoms with E-state index in [-0.39, 0.29) is 36.3 Å². The fourth-order valence-electron chi connectivity index (χ4n) is 8.09. The van der Waals surface area contributed by atoms with Gasteiger partial charge in [-0.2, -0.15) is 0 Å². The summed E-state index contributed by atoms with van der Waals surface area (Å²) >= 11 is 12.5. The molecule has 62 heavy (non-hydrogen) atoms. The first-order valence-electron chi connectivity index (χ1n) is 21.0. The molecule has 2 atom stereocenters. The van der Waals surface area contributed by atoms with Gasteiger partial charge < -0.3 is 33.7 Å². The van der Waals surface area contributed by atoms with E-state index in [1.807, 2.05) is 118 Å². The molecule has 4 heterocycles. The Kier molecular flexibility index (Phi) is 14.4. The van der Waals surface area contributed by atoms with E-state index in [0.717, 1.165) is 68.7 Å². The van der Waals surface area contributed by atoms with E-state index in [4.69, 9.17) is 46.9 Å². The van der Waals surface area contributed by atoms with Crippen LogP contribution in [-0.2, 0) is 27.1 Å². The Bertz CT molecular complexity index is 2500. The van der Waals surface area contributed by atoms with E-state index in [9.17, 15) is 9.59 Å². The molecule has 8 rings (SSSR count). The lowest BCUT2D eigenvalue weighted by molar-refractivity contribution is 0.0655. The van der Waals surface area contributed by atoms with Gasteiger partial charge in [0.25, 0.3) is 0 Å². The zero-order chi connectivity index (χ0) is 43.9. The van der Waals surface area contributed by atoms with Gasteiger partial charge in [0.15, 0.2) is 0 Å². The summed E-state index contributed by atoms with van der Waals surface area (Å²) < 4.78 is 27.5. The van der Waals surface area contributed by atoms with Crippen molar-refractivity contribution in [2.24, 2.45) is 5.92 Å².